The summed E-state index contributed by atoms with van der Waals surface area (Å²) in [5.74, 6) is 2.16. The Balaban J connectivity index is 1.58. The molecule has 0 aliphatic heterocycles. The van der Waals surface area contributed by atoms with Gasteiger partial charge in [0.05, 0.1) is 12.9 Å². The van der Waals surface area contributed by atoms with E-state index < -0.39 is 0 Å². The SMILES string of the molecule is COc1ccc(Cc2nnc(SCC(=O)NC3CC3)n2C)cc1. The molecule has 0 unspecified atom stereocenters. The van der Waals surface area contributed by atoms with Gasteiger partial charge < -0.3 is 14.6 Å². The van der Waals surface area contributed by atoms with Gasteiger partial charge in [0, 0.05) is 19.5 Å². The van der Waals surface area contributed by atoms with Gasteiger partial charge in [-0.05, 0) is 30.5 Å². The van der Waals surface area contributed by atoms with Gasteiger partial charge in [0.25, 0.3) is 0 Å². The van der Waals surface area contributed by atoms with E-state index >= 15 is 0 Å². The van der Waals surface area contributed by atoms with Crippen LogP contribution in [0.4, 0.5) is 0 Å². The maximum absolute atomic E-state index is 11.7. The van der Waals surface area contributed by atoms with Gasteiger partial charge in [0.15, 0.2) is 5.16 Å². The summed E-state index contributed by atoms with van der Waals surface area (Å²) < 4.78 is 7.10. The predicted molar refractivity (Wildman–Crippen MR) is 88.7 cm³/mol. The number of ether oxygens (including phenoxy) is 1. The molecule has 1 aromatic heterocycles. The molecule has 0 spiro atoms. The van der Waals surface area contributed by atoms with E-state index in [1.807, 2.05) is 35.9 Å². The number of amides is 1. The molecule has 23 heavy (non-hydrogen) atoms. The van der Waals surface area contributed by atoms with Gasteiger partial charge in [-0.15, -0.1) is 10.2 Å². The average Bonchev–Trinajstić information content (AvgIpc) is 3.31. The molecule has 6 nitrogen and oxygen atoms in total. The zero-order valence-corrected chi connectivity index (χ0v) is 14.1. The molecule has 1 aromatic carbocycles. The number of rotatable bonds is 7. The molecule has 1 N–H and O–H groups in total. The molecule has 0 bridgehead atoms. The van der Waals surface area contributed by atoms with Gasteiger partial charge in [-0.2, -0.15) is 0 Å². The lowest BCUT2D eigenvalue weighted by Crippen LogP contribution is -2.27. The average molecular weight is 332 g/mol. The molecule has 0 atom stereocenters. The minimum absolute atomic E-state index is 0.0669. The lowest BCUT2D eigenvalue weighted by molar-refractivity contribution is -0.118. The van der Waals surface area contributed by atoms with Crippen molar-refractivity contribution < 1.29 is 9.53 Å². The first-order valence-corrected chi connectivity index (χ1v) is 8.57. The van der Waals surface area contributed by atoms with Gasteiger partial charge >= 0.3 is 0 Å². The number of thioether (sulfide) groups is 1. The summed E-state index contributed by atoms with van der Waals surface area (Å²) in [5, 5.41) is 12.2. The molecule has 3 rings (SSSR count). The van der Waals surface area contributed by atoms with E-state index in [0.717, 1.165) is 35.1 Å². The van der Waals surface area contributed by atoms with Crippen LogP contribution in [0, 0.1) is 0 Å². The lowest BCUT2D eigenvalue weighted by Gasteiger charge is -2.05. The van der Waals surface area contributed by atoms with Crippen LogP contribution in [0.5, 0.6) is 5.75 Å². The molecule has 0 saturated heterocycles. The minimum atomic E-state index is 0.0669. The molecule has 2 aromatic rings. The van der Waals surface area contributed by atoms with Crippen molar-refractivity contribution >= 4 is 17.7 Å². The Morgan fingerprint density at radius 3 is 2.74 bits per heavy atom. The van der Waals surface area contributed by atoms with Crippen LogP contribution in [0.15, 0.2) is 29.4 Å². The van der Waals surface area contributed by atoms with Crippen molar-refractivity contribution in [3.05, 3.63) is 35.7 Å². The second-order valence-electron chi connectivity index (χ2n) is 5.61. The van der Waals surface area contributed by atoms with E-state index in [9.17, 15) is 4.79 Å². The standard InChI is InChI=1S/C16H20N4O2S/c1-20-14(9-11-3-7-13(22-2)8-4-11)18-19-16(20)23-10-15(21)17-12-5-6-12/h3-4,7-8,12H,5-6,9-10H2,1-2H3,(H,17,21). The van der Waals surface area contributed by atoms with Gasteiger partial charge in [0.2, 0.25) is 5.91 Å². The molecular weight excluding hydrogens is 312 g/mol. The van der Waals surface area contributed by atoms with Gasteiger partial charge in [-0.1, -0.05) is 23.9 Å². The Labute approximate surface area is 139 Å². The Kier molecular flexibility index (Phi) is 4.85. The first-order valence-electron chi connectivity index (χ1n) is 7.59. The topological polar surface area (TPSA) is 69.0 Å². The van der Waals surface area contributed by atoms with E-state index in [0.29, 0.717) is 18.2 Å². The third-order valence-electron chi connectivity index (χ3n) is 3.72. The number of benzene rings is 1. The van der Waals surface area contributed by atoms with Crippen LogP contribution in [-0.2, 0) is 18.3 Å². The van der Waals surface area contributed by atoms with Crippen molar-refractivity contribution in [2.45, 2.75) is 30.5 Å². The molecule has 1 aliphatic carbocycles. The van der Waals surface area contributed by atoms with Gasteiger partial charge in [-0.25, -0.2) is 0 Å². The summed E-state index contributed by atoms with van der Waals surface area (Å²) >= 11 is 1.42. The largest absolute Gasteiger partial charge is 0.497 e. The highest BCUT2D eigenvalue weighted by Crippen LogP contribution is 2.21. The first-order chi connectivity index (χ1) is 11.2. The Bertz CT molecular complexity index is 680. The maximum Gasteiger partial charge on any atom is 0.230 e. The molecule has 1 fully saturated rings. The normalized spacial score (nSPS) is 13.8. The van der Waals surface area contributed by atoms with Crippen LogP contribution in [0.25, 0.3) is 0 Å². The lowest BCUT2D eigenvalue weighted by atomic mass is 10.1. The molecule has 1 aliphatic rings. The number of aromatic nitrogens is 3. The maximum atomic E-state index is 11.7. The Morgan fingerprint density at radius 2 is 2.09 bits per heavy atom. The van der Waals surface area contributed by atoms with Crippen LogP contribution >= 0.6 is 11.8 Å². The van der Waals surface area contributed by atoms with Crippen molar-refractivity contribution in [1.82, 2.24) is 20.1 Å². The predicted octanol–water partition coefficient (Wildman–Crippen LogP) is 1.79. The zero-order valence-electron chi connectivity index (χ0n) is 13.3. The van der Waals surface area contributed by atoms with E-state index in [2.05, 4.69) is 15.5 Å². The second kappa shape index (κ2) is 7.04. The fraction of sp³-hybridized carbons (Fsp3) is 0.438. The van der Waals surface area contributed by atoms with E-state index in [1.54, 1.807) is 7.11 Å². The van der Waals surface area contributed by atoms with Crippen LogP contribution in [-0.4, -0.2) is 39.6 Å². The number of hydrogen-bond acceptors (Lipinski definition) is 5. The number of carbonyl (C=O) groups is 1. The number of methoxy groups -OCH3 is 1. The van der Waals surface area contributed by atoms with Crippen LogP contribution < -0.4 is 10.1 Å². The molecule has 7 heteroatoms. The third-order valence-corrected chi connectivity index (χ3v) is 4.74. The van der Waals surface area contributed by atoms with Crippen LogP contribution in [0.1, 0.15) is 24.2 Å². The van der Waals surface area contributed by atoms with Gasteiger partial charge in [0.1, 0.15) is 11.6 Å². The van der Waals surface area contributed by atoms with E-state index in [4.69, 9.17) is 4.74 Å². The van der Waals surface area contributed by atoms with Crippen molar-refractivity contribution in [1.29, 1.82) is 0 Å². The summed E-state index contributed by atoms with van der Waals surface area (Å²) in [7, 11) is 3.58. The summed E-state index contributed by atoms with van der Waals surface area (Å²) in [5.41, 5.74) is 1.14. The summed E-state index contributed by atoms with van der Waals surface area (Å²) in [6, 6.07) is 8.30. The summed E-state index contributed by atoms with van der Waals surface area (Å²) in [6.07, 6.45) is 2.90. The molecule has 1 saturated carbocycles. The molecular formula is C16H20N4O2S. The molecule has 1 amide bonds. The Hall–Kier alpha value is -2.02. The summed E-state index contributed by atoms with van der Waals surface area (Å²) in [6.45, 7) is 0. The monoisotopic (exact) mass is 332 g/mol. The third kappa shape index (κ3) is 4.25. The van der Waals surface area contributed by atoms with E-state index in [-0.39, 0.29) is 5.91 Å². The number of nitrogens with zero attached hydrogens (tertiary/aromatic N) is 3. The molecule has 122 valence electrons. The van der Waals surface area contributed by atoms with Crippen molar-refractivity contribution in [2.24, 2.45) is 7.05 Å². The first kappa shape index (κ1) is 15.9. The van der Waals surface area contributed by atoms with Crippen molar-refractivity contribution in [2.75, 3.05) is 12.9 Å². The number of carbonyl (C=O) groups excluding carboxylic acids is 1. The van der Waals surface area contributed by atoms with Crippen molar-refractivity contribution in [3.8, 4) is 5.75 Å². The fourth-order valence-corrected chi connectivity index (χ4v) is 2.92. The van der Waals surface area contributed by atoms with E-state index in [1.165, 1.54) is 11.8 Å². The van der Waals surface area contributed by atoms with Crippen LogP contribution in [0.3, 0.4) is 0 Å². The highest BCUT2D eigenvalue weighted by Gasteiger charge is 2.23. The Morgan fingerprint density at radius 1 is 1.35 bits per heavy atom. The van der Waals surface area contributed by atoms with Gasteiger partial charge in [-0.3, -0.25) is 4.79 Å². The zero-order chi connectivity index (χ0) is 16.2. The number of nitrogens with one attached hydrogen (secondary N) is 1. The molecule has 0 radical (unpaired) electrons. The molecule has 1 heterocycles. The summed E-state index contributed by atoms with van der Waals surface area (Å²) in [4.78, 5) is 11.7. The quantitative estimate of drug-likeness (QED) is 0.783. The van der Waals surface area contributed by atoms with Crippen molar-refractivity contribution in [3.63, 3.8) is 0 Å². The smallest absolute Gasteiger partial charge is 0.230 e. The fourth-order valence-electron chi connectivity index (χ4n) is 2.18. The second-order valence-corrected chi connectivity index (χ2v) is 6.56. The highest BCUT2D eigenvalue weighted by atomic mass is 32.2. The number of hydrogen-bond donors (Lipinski definition) is 1. The highest BCUT2D eigenvalue weighted by molar-refractivity contribution is 7.99. The van der Waals surface area contributed by atoms with Crippen LogP contribution in [0.2, 0.25) is 0 Å². The minimum Gasteiger partial charge on any atom is -0.497 e.